The van der Waals surface area contributed by atoms with Gasteiger partial charge in [0.2, 0.25) is 0 Å². The Bertz CT molecular complexity index is 1050. The number of carbonyl (C=O) groups is 1. The van der Waals surface area contributed by atoms with Crippen molar-refractivity contribution in [1.29, 1.82) is 0 Å². The highest BCUT2D eigenvalue weighted by Gasteiger charge is 2.11. The van der Waals surface area contributed by atoms with Crippen molar-refractivity contribution in [2.75, 3.05) is 6.26 Å². The maximum atomic E-state index is 12.4. The molecule has 0 saturated carbocycles. The Morgan fingerprint density at radius 3 is 2.21 bits per heavy atom. The van der Waals surface area contributed by atoms with E-state index in [0.29, 0.717) is 24.5 Å². The number of hydrogen-bond donors (Lipinski definition) is 1. The third kappa shape index (κ3) is 5.20. The van der Waals surface area contributed by atoms with Crippen LogP contribution in [0.3, 0.4) is 0 Å². The van der Waals surface area contributed by atoms with Gasteiger partial charge in [0, 0.05) is 23.9 Å². The van der Waals surface area contributed by atoms with Crippen molar-refractivity contribution >= 4 is 15.7 Å². The van der Waals surface area contributed by atoms with Crippen LogP contribution in [0.15, 0.2) is 83.8 Å². The third-order valence-corrected chi connectivity index (χ3v) is 5.32. The molecule has 3 aromatic carbocycles. The Kier molecular flexibility index (Phi) is 6.11. The molecule has 0 aliphatic carbocycles. The summed E-state index contributed by atoms with van der Waals surface area (Å²) in [5.74, 6) is 0.428. The standard InChI is InChI=1S/C22H21NO4S/c1-28(25,26)20-13-11-18(12-14-20)22(24)23-15-19-9-5-6-10-21(19)27-16-17-7-3-2-4-8-17/h2-14H,15-16H2,1H3,(H,23,24). The predicted molar refractivity (Wildman–Crippen MR) is 108 cm³/mol. The van der Waals surface area contributed by atoms with Crippen molar-refractivity contribution in [1.82, 2.24) is 5.32 Å². The van der Waals surface area contributed by atoms with E-state index in [-0.39, 0.29) is 10.8 Å². The van der Waals surface area contributed by atoms with Gasteiger partial charge in [-0.25, -0.2) is 8.42 Å². The minimum absolute atomic E-state index is 0.184. The predicted octanol–water partition coefficient (Wildman–Crippen LogP) is 3.60. The first-order valence-electron chi connectivity index (χ1n) is 8.76. The second-order valence-corrected chi connectivity index (χ2v) is 8.38. The molecule has 0 aromatic heterocycles. The average molecular weight is 395 g/mol. The Morgan fingerprint density at radius 1 is 0.893 bits per heavy atom. The fourth-order valence-corrected chi connectivity index (χ4v) is 3.29. The van der Waals surface area contributed by atoms with E-state index in [1.165, 1.54) is 24.3 Å². The van der Waals surface area contributed by atoms with Crippen LogP contribution in [0.1, 0.15) is 21.5 Å². The second-order valence-electron chi connectivity index (χ2n) is 6.36. The SMILES string of the molecule is CS(=O)(=O)c1ccc(C(=O)NCc2ccccc2OCc2ccccc2)cc1. The molecule has 1 amide bonds. The number of carbonyl (C=O) groups excluding carboxylic acids is 1. The largest absolute Gasteiger partial charge is 0.489 e. The van der Waals surface area contributed by atoms with Crippen LogP contribution in [-0.4, -0.2) is 20.6 Å². The van der Waals surface area contributed by atoms with Gasteiger partial charge < -0.3 is 10.1 Å². The number of benzene rings is 3. The number of hydrogen-bond acceptors (Lipinski definition) is 4. The first-order chi connectivity index (χ1) is 13.4. The Morgan fingerprint density at radius 2 is 1.54 bits per heavy atom. The molecule has 0 radical (unpaired) electrons. The molecule has 0 saturated heterocycles. The molecule has 0 fully saturated rings. The highest BCUT2D eigenvalue weighted by atomic mass is 32.2. The maximum Gasteiger partial charge on any atom is 0.251 e. The minimum atomic E-state index is -3.28. The first-order valence-corrected chi connectivity index (χ1v) is 10.7. The number of ether oxygens (including phenoxy) is 1. The fourth-order valence-electron chi connectivity index (χ4n) is 2.66. The summed E-state index contributed by atoms with van der Waals surface area (Å²) in [6, 6.07) is 23.3. The summed E-state index contributed by atoms with van der Waals surface area (Å²) in [5.41, 5.74) is 2.32. The van der Waals surface area contributed by atoms with Crippen molar-refractivity contribution in [3.63, 3.8) is 0 Å². The molecular formula is C22H21NO4S. The normalized spacial score (nSPS) is 11.0. The zero-order valence-corrected chi connectivity index (χ0v) is 16.3. The van der Waals surface area contributed by atoms with Crippen LogP contribution < -0.4 is 10.1 Å². The van der Waals surface area contributed by atoms with Crippen molar-refractivity contribution in [2.24, 2.45) is 0 Å². The highest BCUT2D eigenvalue weighted by Crippen LogP contribution is 2.19. The van der Waals surface area contributed by atoms with Crippen LogP contribution in [0.5, 0.6) is 5.75 Å². The van der Waals surface area contributed by atoms with E-state index < -0.39 is 9.84 Å². The van der Waals surface area contributed by atoms with Crippen molar-refractivity contribution in [2.45, 2.75) is 18.0 Å². The van der Waals surface area contributed by atoms with Crippen LogP contribution in [0, 0.1) is 0 Å². The molecule has 0 atom stereocenters. The summed E-state index contributed by atoms with van der Waals surface area (Å²) in [4.78, 5) is 12.6. The number of para-hydroxylation sites is 1. The molecule has 1 N–H and O–H groups in total. The molecule has 3 aromatic rings. The lowest BCUT2D eigenvalue weighted by Gasteiger charge is -2.12. The van der Waals surface area contributed by atoms with Crippen molar-refractivity contribution in [3.05, 3.63) is 95.6 Å². The molecule has 0 spiro atoms. The summed E-state index contributed by atoms with van der Waals surface area (Å²) >= 11 is 0. The lowest BCUT2D eigenvalue weighted by molar-refractivity contribution is 0.0950. The van der Waals surface area contributed by atoms with E-state index in [4.69, 9.17) is 4.74 Å². The summed E-state index contributed by atoms with van der Waals surface area (Å²) in [6.07, 6.45) is 1.13. The van der Waals surface area contributed by atoms with Gasteiger partial charge in [-0.2, -0.15) is 0 Å². The van der Waals surface area contributed by atoms with E-state index in [0.717, 1.165) is 17.4 Å². The van der Waals surface area contributed by atoms with Crippen LogP contribution in [0.4, 0.5) is 0 Å². The highest BCUT2D eigenvalue weighted by molar-refractivity contribution is 7.90. The summed E-state index contributed by atoms with van der Waals surface area (Å²) in [5, 5.41) is 2.84. The summed E-state index contributed by atoms with van der Waals surface area (Å²) in [7, 11) is -3.28. The molecule has 0 aliphatic heterocycles. The fraction of sp³-hybridized carbons (Fsp3) is 0.136. The molecule has 0 unspecified atom stereocenters. The van der Waals surface area contributed by atoms with Crippen molar-refractivity contribution in [3.8, 4) is 5.75 Å². The number of sulfone groups is 1. The third-order valence-electron chi connectivity index (χ3n) is 4.19. The lowest BCUT2D eigenvalue weighted by atomic mass is 10.1. The van der Waals surface area contributed by atoms with Crippen LogP contribution in [-0.2, 0) is 23.0 Å². The van der Waals surface area contributed by atoms with Crippen LogP contribution in [0.25, 0.3) is 0 Å². The number of rotatable bonds is 7. The topological polar surface area (TPSA) is 72.5 Å². The molecular weight excluding hydrogens is 374 g/mol. The zero-order valence-electron chi connectivity index (χ0n) is 15.5. The molecule has 28 heavy (non-hydrogen) atoms. The van der Waals surface area contributed by atoms with E-state index >= 15 is 0 Å². The van der Waals surface area contributed by atoms with Crippen LogP contribution >= 0.6 is 0 Å². The summed E-state index contributed by atoms with van der Waals surface area (Å²) < 4.78 is 28.9. The molecule has 0 bridgehead atoms. The monoisotopic (exact) mass is 395 g/mol. The second kappa shape index (κ2) is 8.71. The minimum Gasteiger partial charge on any atom is -0.489 e. The number of amides is 1. The van der Waals surface area contributed by atoms with Gasteiger partial charge in [0.1, 0.15) is 12.4 Å². The molecule has 0 aliphatic rings. The Balaban J connectivity index is 1.63. The van der Waals surface area contributed by atoms with Gasteiger partial charge in [0.15, 0.2) is 9.84 Å². The van der Waals surface area contributed by atoms with Gasteiger partial charge in [-0.05, 0) is 35.9 Å². The smallest absolute Gasteiger partial charge is 0.251 e. The first kappa shape index (κ1) is 19.6. The van der Waals surface area contributed by atoms with E-state index in [2.05, 4.69) is 5.32 Å². The number of nitrogens with one attached hydrogen (secondary N) is 1. The van der Waals surface area contributed by atoms with Crippen LogP contribution in [0.2, 0.25) is 0 Å². The van der Waals surface area contributed by atoms with Gasteiger partial charge in [0.25, 0.3) is 5.91 Å². The lowest BCUT2D eigenvalue weighted by Crippen LogP contribution is -2.23. The van der Waals surface area contributed by atoms with Gasteiger partial charge >= 0.3 is 0 Å². The Hall–Kier alpha value is -3.12. The van der Waals surface area contributed by atoms with Crippen molar-refractivity contribution < 1.29 is 17.9 Å². The quantitative estimate of drug-likeness (QED) is 0.663. The molecule has 5 nitrogen and oxygen atoms in total. The molecule has 0 heterocycles. The Labute approximate surface area is 164 Å². The van der Waals surface area contributed by atoms with E-state index in [9.17, 15) is 13.2 Å². The summed E-state index contributed by atoms with van der Waals surface area (Å²) in [6.45, 7) is 0.746. The van der Waals surface area contributed by atoms with Gasteiger partial charge in [0.05, 0.1) is 4.90 Å². The van der Waals surface area contributed by atoms with E-state index in [1.807, 2.05) is 54.6 Å². The molecule has 6 heteroatoms. The van der Waals surface area contributed by atoms with Gasteiger partial charge in [-0.1, -0.05) is 48.5 Å². The van der Waals surface area contributed by atoms with E-state index in [1.54, 1.807) is 0 Å². The van der Waals surface area contributed by atoms with Gasteiger partial charge in [-0.15, -0.1) is 0 Å². The zero-order chi connectivity index (χ0) is 20.0. The average Bonchev–Trinajstić information content (AvgIpc) is 2.71. The van der Waals surface area contributed by atoms with Gasteiger partial charge in [-0.3, -0.25) is 4.79 Å². The maximum absolute atomic E-state index is 12.4. The molecule has 3 rings (SSSR count). The molecule has 144 valence electrons.